The molecule has 35 heavy (non-hydrogen) atoms. The molecule has 0 aliphatic carbocycles. The molecule has 1 aromatic heterocycles. The fraction of sp³-hybridized carbons (Fsp3) is 0.148. The molecule has 0 saturated heterocycles. The number of nitrogens with zero attached hydrogens (tertiary/aromatic N) is 3. The van der Waals surface area contributed by atoms with Gasteiger partial charge in [-0.3, -0.25) is 4.90 Å². The zero-order valence-corrected chi connectivity index (χ0v) is 20.2. The zero-order valence-electron chi connectivity index (χ0n) is 19.4. The van der Waals surface area contributed by atoms with Gasteiger partial charge < -0.3 is 14.6 Å². The molecule has 2 amide bonds. The predicted molar refractivity (Wildman–Crippen MR) is 135 cm³/mol. The van der Waals surface area contributed by atoms with Gasteiger partial charge >= 0.3 is 6.03 Å². The number of anilines is 1. The average Bonchev–Trinajstić information content (AvgIpc) is 3.35. The van der Waals surface area contributed by atoms with Crippen molar-refractivity contribution in [3.8, 4) is 17.1 Å². The number of aryl methyl sites for hydroxylation is 1. The number of amides is 2. The number of hydrogen-bond donors (Lipinski definition) is 1. The number of allylic oxidation sites excluding steroid dienone is 1. The smallest absolute Gasteiger partial charge is 0.326 e. The highest BCUT2D eigenvalue weighted by Crippen LogP contribution is 2.39. The number of halogens is 1. The molecule has 7 nitrogen and oxygen atoms in total. The molecule has 4 aromatic rings. The van der Waals surface area contributed by atoms with Crippen molar-refractivity contribution in [2.75, 3.05) is 12.0 Å². The number of carbonyl (C=O) groups excluding carboxylic acids is 1. The van der Waals surface area contributed by atoms with Crippen LogP contribution in [0.25, 0.3) is 17.0 Å². The minimum Gasteiger partial charge on any atom is -0.497 e. The Bertz CT molecular complexity index is 1390. The van der Waals surface area contributed by atoms with Crippen LogP contribution in [-0.2, 0) is 0 Å². The lowest BCUT2D eigenvalue weighted by molar-refractivity contribution is 0.244. The fourth-order valence-corrected chi connectivity index (χ4v) is 4.25. The van der Waals surface area contributed by atoms with Crippen LogP contribution in [0, 0.1) is 6.92 Å². The van der Waals surface area contributed by atoms with Crippen LogP contribution < -0.4 is 15.0 Å². The van der Waals surface area contributed by atoms with Crippen LogP contribution in [0.5, 0.6) is 5.75 Å². The van der Waals surface area contributed by atoms with E-state index < -0.39 is 6.04 Å². The average molecular weight is 487 g/mol. The first-order valence-electron chi connectivity index (χ1n) is 11.1. The second-order valence-corrected chi connectivity index (χ2v) is 8.69. The van der Waals surface area contributed by atoms with Gasteiger partial charge in [0, 0.05) is 16.3 Å². The van der Waals surface area contributed by atoms with Gasteiger partial charge in [0.05, 0.1) is 24.4 Å². The van der Waals surface area contributed by atoms with Crippen molar-refractivity contribution in [1.29, 1.82) is 0 Å². The molecule has 2 heterocycles. The summed E-state index contributed by atoms with van der Waals surface area (Å²) in [4.78, 5) is 19.6. The van der Waals surface area contributed by atoms with E-state index in [0.717, 1.165) is 22.4 Å². The summed E-state index contributed by atoms with van der Waals surface area (Å²) in [5, 5.41) is 7.90. The van der Waals surface area contributed by atoms with Gasteiger partial charge in [0.2, 0.25) is 5.82 Å². The molecule has 0 saturated carbocycles. The lowest BCUT2D eigenvalue weighted by Gasteiger charge is -2.35. The molecule has 1 atom stereocenters. The van der Waals surface area contributed by atoms with E-state index in [0.29, 0.717) is 33.7 Å². The molecule has 0 radical (unpaired) electrons. The summed E-state index contributed by atoms with van der Waals surface area (Å²) in [6, 6.07) is 21.7. The molecule has 5 rings (SSSR count). The number of aromatic nitrogens is 2. The summed E-state index contributed by atoms with van der Waals surface area (Å²) < 4.78 is 11.0. The Morgan fingerprint density at radius 3 is 2.31 bits per heavy atom. The highest BCUT2D eigenvalue weighted by molar-refractivity contribution is 6.30. The second kappa shape index (κ2) is 9.27. The Hall–Kier alpha value is -4.10. The second-order valence-electron chi connectivity index (χ2n) is 8.26. The van der Waals surface area contributed by atoms with Crippen molar-refractivity contribution in [1.82, 2.24) is 15.5 Å². The van der Waals surface area contributed by atoms with E-state index in [9.17, 15) is 4.79 Å². The van der Waals surface area contributed by atoms with Gasteiger partial charge in [-0.1, -0.05) is 58.7 Å². The zero-order chi connectivity index (χ0) is 24.5. The largest absolute Gasteiger partial charge is 0.497 e. The van der Waals surface area contributed by atoms with Crippen LogP contribution in [0.15, 0.2) is 83.0 Å². The van der Waals surface area contributed by atoms with E-state index >= 15 is 0 Å². The number of methoxy groups -OCH3 is 1. The van der Waals surface area contributed by atoms with Gasteiger partial charge in [-0.15, -0.1) is 0 Å². The first-order valence-corrected chi connectivity index (χ1v) is 11.4. The van der Waals surface area contributed by atoms with Crippen LogP contribution in [-0.4, -0.2) is 23.3 Å². The number of benzene rings is 3. The van der Waals surface area contributed by atoms with Gasteiger partial charge in [0.1, 0.15) is 5.75 Å². The molecular formula is C27H23ClN4O3. The molecule has 0 fully saturated rings. The van der Waals surface area contributed by atoms with E-state index in [1.165, 1.54) is 0 Å². The van der Waals surface area contributed by atoms with Crippen molar-refractivity contribution in [2.45, 2.75) is 19.9 Å². The lowest BCUT2D eigenvalue weighted by Crippen LogP contribution is -2.46. The Balaban J connectivity index is 1.63. The minimum absolute atomic E-state index is 0.271. The van der Waals surface area contributed by atoms with Crippen molar-refractivity contribution < 1.29 is 14.1 Å². The van der Waals surface area contributed by atoms with Gasteiger partial charge in [-0.2, -0.15) is 4.98 Å². The van der Waals surface area contributed by atoms with E-state index in [2.05, 4.69) is 10.5 Å². The first kappa shape index (κ1) is 22.7. The summed E-state index contributed by atoms with van der Waals surface area (Å²) in [6.07, 6.45) is 0. The van der Waals surface area contributed by atoms with Crippen LogP contribution in [0.2, 0.25) is 5.02 Å². The molecule has 0 spiro atoms. The van der Waals surface area contributed by atoms with Gasteiger partial charge in [0.25, 0.3) is 5.89 Å². The maximum atomic E-state index is 13.3. The maximum absolute atomic E-state index is 13.3. The first-order chi connectivity index (χ1) is 16.9. The number of hydrogen-bond acceptors (Lipinski definition) is 5. The number of ether oxygens (including phenoxy) is 1. The quantitative estimate of drug-likeness (QED) is 0.352. The van der Waals surface area contributed by atoms with Crippen molar-refractivity contribution in [3.63, 3.8) is 0 Å². The SMILES string of the molecule is COc1ccc(C2NC(=O)N(c3ccc(Cl)cc3)C(C)=C2c2nc(-c3ccc(C)cc3)no2)cc1. The monoisotopic (exact) mass is 486 g/mol. The molecule has 0 bridgehead atoms. The molecule has 1 N–H and O–H groups in total. The Morgan fingerprint density at radius 1 is 0.971 bits per heavy atom. The molecule has 1 unspecified atom stereocenters. The third-order valence-corrected chi connectivity index (χ3v) is 6.24. The standard InChI is InChI=1S/C27H23ClN4O3/c1-16-4-6-19(7-5-16)25-30-26(35-31-25)23-17(2)32(21-12-10-20(28)11-13-21)27(33)29-24(23)18-8-14-22(34-3)15-9-18/h4-15,24H,1-3H3,(H,29,33). The topological polar surface area (TPSA) is 80.5 Å². The predicted octanol–water partition coefficient (Wildman–Crippen LogP) is 6.41. The number of carbonyl (C=O) groups is 1. The molecule has 8 heteroatoms. The number of nitrogens with one attached hydrogen (secondary N) is 1. The third-order valence-electron chi connectivity index (χ3n) is 5.98. The summed E-state index contributed by atoms with van der Waals surface area (Å²) in [5.41, 5.74) is 4.91. The molecule has 1 aliphatic rings. The molecule has 176 valence electrons. The number of rotatable bonds is 5. The van der Waals surface area contributed by atoms with E-state index in [-0.39, 0.29) is 6.03 Å². The summed E-state index contributed by atoms with van der Waals surface area (Å²) in [6.45, 7) is 3.89. The van der Waals surface area contributed by atoms with Gasteiger partial charge in [-0.25, -0.2) is 4.79 Å². The van der Waals surface area contributed by atoms with Crippen molar-refractivity contribution in [3.05, 3.63) is 101 Å². The van der Waals surface area contributed by atoms with Gasteiger partial charge in [0.15, 0.2) is 0 Å². The van der Waals surface area contributed by atoms with Crippen molar-refractivity contribution in [2.24, 2.45) is 0 Å². The summed E-state index contributed by atoms with van der Waals surface area (Å²) >= 11 is 6.07. The highest BCUT2D eigenvalue weighted by atomic mass is 35.5. The van der Waals surface area contributed by atoms with E-state index in [1.54, 1.807) is 36.3 Å². The maximum Gasteiger partial charge on any atom is 0.326 e. The van der Waals surface area contributed by atoms with Crippen LogP contribution in [0.1, 0.15) is 30.0 Å². The highest BCUT2D eigenvalue weighted by Gasteiger charge is 2.36. The van der Waals surface area contributed by atoms with Crippen LogP contribution in [0.3, 0.4) is 0 Å². The molecule has 1 aliphatic heterocycles. The van der Waals surface area contributed by atoms with Gasteiger partial charge in [-0.05, 0) is 55.8 Å². The lowest BCUT2D eigenvalue weighted by atomic mass is 9.94. The van der Waals surface area contributed by atoms with Crippen molar-refractivity contribution >= 4 is 28.9 Å². The minimum atomic E-state index is -0.497. The fourth-order valence-electron chi connectivity index (χ4n) is 4.12. The van der Waals surface area contributed by atoms with E-state index in [1.807, 2.05) is 62.4 Å². The number of urea groups is 1. The molecule has 3 aromatic carbocycles. The van der Waals surface area contributed by atoms with Crippen LogP contribution >= 0.6 is 11.6 Å². The summed E-state index contributed by atoms with van der Waals surface area (Å²) in [7, 11) is 1.61. The normalized spacial score (nSPS) is 15.8. The van der Waals surface area contributed by atoms with E-state index in [4.69, 9.17) is 25.8 Å². The Morgan fingerprint density at radius 2 is 1.66 bits per heavy atom. The molecular weight excluding hydrogens is 464 g/mol. The van der Waals surface area contributed by atoms with Crippen LogP contribution in [0.4, 0.5) is 10.5 Å². The summed E-state index contributed by atoms with van der Waals surface area (Å²) in [5.74, 6) is 1.53. The third kappa shape index (κ3) is 4.38. The Labute approximate surface area is 208 Å². The Kier molecular flexibility index (Phi) is 6.01.